The first kappa shape index (κ1) is 11.1. The zero-order valence-corrected chi connectivity index (χ0v) is 9.52. The largest absolute Gasteiger partial charge is 0.443 e. The van der Waals surface area contributed by atoms with Gasteiger partial charge in [0.15, 0.2) is 12.0 Å². The second-order valence-electron chi connectivity index (χ2n) is 4.23. The summed E-state index contributed by atoms with van der Waals surface area (Å²) in [4.78, 5) is 15.7. The zero-order valence-electron chi connectivity index (χ0n) is 9.52. The number of rotatable bonds is 2. The van der Waals surface area contributed by atoms with Crippen molar-refractivity contribution < 1.29 is 9.21 Å². The van der Waals surface area contributed by atoms with E-state index in [0.717, 1.165) is 5.52 Å². The molecule has 2 aromatic rings. The van der Waals surface area contributed by atoms with E-state index in [1.165, 1.54) is 6.39 Å². The number of hydrogen-bond acceptors (Lipinski definition) is 4. The number of carbonyl (C=O) groups excluding carboxylic acids is 1. The first-order chi connectivity index (χ1) is 8.03. The summed E-state index contributed by atoms with van der Waals surface area (Å²) in [6.07, 6.45) is 1.34. The maximum Gasteiger partial charge on any atom is 0.244 e. The van der Waals surface area contributed by atoms with Crippen molar-refractivity contribution in [3.05, 3.63) is 24.6 Å². The van der Waals surface area contributed by atoms with Crippen LogP contribution in [0.4, 0.5) is 5.69 Å². The van der Waals surface area contributed by atoms with E-state index >= 15 is 0 Å². The first-order valence-electron chi connectivity index (χ1n) is 5.09. The van der Waals surface area contributed by atoms with E-state index in [-0.39, 0.29) is 5.91 Å². The third-order valence-electron chi connectivity index (χ3n) is 2.44. The summed E-state index contributed by atoms with van der Waals surface area (Å²) in [5.74, 6) is -0.348. The van der Waals surface area contributed by atoms with Gasteiger partial charge in [0.2, 0.25) is 5.91 Å². The van der Waals surface area contributed by atoms with Gasteiger partial charge in [0.25, 0.3) is 0 Å². The van der Waals surface area contributed by atoms with Gasteiger partial charge in [-0.05, 0) is 26.0 Å². The van der Waals surface area contributed by atoms with Crippen LogP contribution in [0.2, 0.25) is 0 Å². The molecule has 0 saturated heterocycles. The summed E-state index contributed by atoms with van der Waals surface area (Å²) in [7, 11) is 0. The van der Waals surface area contributed by atoms with Crippen LogP contribution in [0.25, 0.3) is 11.1 Å². The second-order valence-corrected chi connectivity index (χ2v) is 4.23. The number of anilines is 1. The number of benzene rings is 1. The summed E-state index contributed by atoms with van der Waals surface area (Å²) in [6.45, 7) is 3.13. The lowest BCUT2D eigenvalue weighted by atomic mass is 9.94. The van der Waals surface area contributed by atoms with Crippen molar-refractivity contribution in [1.29, 1.82) is 5.26 Å². The SMILES string of the molecule is CC(C)(C#N)C(=O)Nc1ccc2ncoc2c1. The van der Waals surface area contributed by atoms with Crippen LogP contribution in [0.3, 0.4) is 0 Å². The average Bonchev–Trinajstić information content (AvgIpc) is 2.76. The Morgan fingerprint density at radius 1 is 1.53 bits per heavy atom. The van der Waals surface area contributed by atoms with E-state index in [2.05, 4.69) is 10.3 Å². The van der Waals surface area contributed by atoms with Crippen molar-refractivity contribution in [3.63, 3.8) is 0 Å². The highest BCUT2D eigenvalue weighted by Crippen LogP contribution is 2.21. The molecular formula is C12H11N3O2. The Morgan fingerprint density at radius 3 is 3.00 bits per heavy atom. The Labute approximate surface area is 98.1 Å². The minimum Gasteiger partial charge on any atom is -0.443 e. The van der Waals surface area contributed by atoms with Crippen LogP contribution in [-0.2, 0) is 4.79 Å². The van der Waals surface area contributed by atoms with Gasteiger partial charge < -0.3 is 9.73 Å². The van der Waals surface area contributed by atoms with E-state index < -0.39 is 5.41 Å². The van der Waals surface area contributed by atoms with E-state index in [1.54, 1.807) is 32.0 Å². The standard InChI is InChI=1S/C12H11N3O2/c1-12(2,6-13)11(16)15-8-3-4-9-10(5-8)17-7-14-9/h3-5,7H,1-2H3,(H,15,16). The van der Waals surface area contributed by atoms with Crippen molar-refractivity contribution in [2.24, 2.45) is 5.41 Å². The van der Waals surface area contributed by atoms with Crippen molar-refractivity contribution in [2.45, 2.75) is 13.8 Å². The molecule has 1 aromatic carbocycles. The molecule has 5 nitrogen and oxygen atoms in total. The highest BCUT2D eigenvalue weighted by Gasteiger charge is 2.27. The van der Waals surface area contributed by atoms with E-state index in [4.69, 9.17) is 9.68 Å². The third kappa shape index (κ3) is 2.11. The molecule has 0 bridgehead atoms. The maximum absolute atomic E-state index is 11.8. The van der Waals surface area contributed by atoms with Crippen molar-refractivity contribution in [2.75, 3.05) is 5.32 Å². The molecule has 1 heterocycles. The second kappa shape index (κ2) is 3.91. The molecule has 1 amide bonds. The number of nitrogens with one attached hydrogen (secondary N) is 1. The van der Waals surface area contributed by atoms with Crippen molar-refractivity contribution >= 4 is 22.7 Å². The molecule has 1 aromatic heterocycles. The molecule has 0 unspecified atom stereocenters. The molecular weight excluding hydrogens is 218 g/mol. The molecule has 0 aliphatic rings. The quantitative estimate of drug-likeness (QED) is 0.856. The first-order valence-corrected chi connectivity index (χ1v) is 5.09. The van der Waals surface area contributed by atoms with Crippen LogP contribution in [0.15, 0.2) is 29.0 Å². The molecule has 0 spiro atoms. The van der Waals surface area contributed by atoms with Gasteiger partial charge in [0.05, 0.1) is 6.07 Å². The topological polar surface area (TPSA) is 78.9 Å². The van der Waals surface area contributed by atoms with Crippen LogP contribution in [0, 0.1) is 16.7 Å². The maximum atomic E-state index is 11.8. The van der Waals surface area contributed by atoms with E-state index in [0.29, 0.717) is 11.3 Å². The highest BCUT2D eigenvalue weighted by atomic mass is 16.3. The number of aromatic nitrogens is 1. The number of amides is 1. The number of hydrogen-bond donors (Lipinski definition) is 1. The van der Waals surface area contributed by atoms with Gasteiger partial charge in [-0.2, -0.15) is 5.26 Å². The van der Waals surface area contributed by atoms with Crippen LogP contribution in [0.1, 0.15) is 13.8 Å². The lowest BCUT2D eigenvalue weighted by Gasteiger charge is -2.14. The number of nitrogens with zero attached hydrogens (tertiary/aromatic N) is 2. The number of carbonyl (C=O) groups is 1. The van der Waals surface area contributed by atoms with E-state index in [1.807, 2.05) is 6.07 Å². The number of oxazole rings is 1. The monoisotopic (exact) mass is 229 g/mol. The molecule has 1 N–H and O–H groups in total. The predicted molar refractivity (Wildman–Crippen MR) is 62.0 cm³/mol. The summed E-state index contributed by atoms with van der Waals surface area (Å²) in [5, 5.41) is 11.5. The lowest BCUT2D eigenvalue weighted by Crippen LogP contribution is -2.29. The number of nitriles is 1. The summed E-state index contributed by atoms with van der Waals surface area (Å²) in [6, 6.07) is 7.08. The highest BCUT2D eigenvalue weighted by molar-refractivity contribution is 5.97. The van der Waals surface area contributed by atoms with Crippen LogP contribution in [-0.4, -0.2) is 10.9 Å². The Balaban J connectivity index is 2.24. The molecule has 0 radical (unpaired) electrons. The molecule has 17 heavy (non-hydrogen) atoms. The fourth-order valence-corrected chi connectivity index (χ4v) is 1.27. The Bertz CT molecular complexity index is 607. The van der Waals surface area contributed by atoms with Crippen LogP contribution in [0.5, 0.6) is 0 Å². The minimum atomic E-state index is -1.06. The van der Waals surface area contributed by atoms with Gasteiger partial charge in [0, 0.05) is 11.8 Å². The molecule has 86 valence electrons. The zero-order chi connectivity index (χ0) is 12.5. The molecule has 0 aliphatic carbocycles. The van der Waals surface area contributed by atoms with Gasteiger partial charge >= 0.3 is 0 Å². The summed E-state index contributed by atoms with van der Waals surface area (Å²) >= 11 is 0. The third-order valence-corrected chi connectivity index (χ3v) is 2.44. The van der Waals surface area contributed by atoms with Crippen LogP contribution < -0.4 is 5.32 Å². The van der Waals surface area contributed by atoms with Gasteiger partial charge in [-0.1, -0.05) is 0 Å². The minimum absolute atomic E-state index is 0.348. The Kier molecular flexibility index (Phi) is 2.56. The molecule has 0 fully saturated rings. The molecule has 5 heteroatoms. The fraction of sp³-hybridized carbons (Fsp3) is 0.250. The molecule has 0 aliphatic heterocycles. The smallest absolute Gasteiger partial charge is 0.244 e. The Hall–Kier alpha value is -2.35. The van der Waals surface area contributed by atoms with Crippen LogP contribution >= 0.6 is 0 Å². The summed E-state index contributed by atoms with van der Waals surface area (Å²) < 4.78 is 5.12. The normalized spacial score (nSPS) is 11.1. The van der Waals surface area contributed by atoms with Crippen molar-refractivity contribution in [3.8, 4) is 6.07 Å². The average molecular weight is 229 g/mol. The molecule has 0 atom stereocenters. The number of fused-ring (bicyclic) bond motifs is 1. The molecule has 2 rings (SSSR count). The van der Waals surface area contributed by atoms with Gasteiger partial charge in [-0.25, -0.2) is 4.98 Å². The Morgan fingerprint density at radius 2 is 2.29 bits per heavy atom. The van der Waals surface area contributed by atoms with Gasteiger partial charge in [-0.3, -0.25) is 4.79 Å². The fourth-order valence-electron chi connectivity index (χ4n) is 1.27. The molecule has 0 saturated carbocycles. The van der Waals surface area contributed by atoms with E-state index in [9.17, 15) is 4.79 Å². The predicted octanol–water partition coefficient (Wildman–Crippen LogP) is 2.32. The lowest BCUT2D eigenvalue weighted by molar-refractivity contribution is -0.121. The van der Waals surface area contributed by atoms with Crippen molar-refractivity contribution in [1.82, 2.24) is 4.98 Å². The summed E-state index contributed by atoms with van der Waals surface area (Å²) in [5.41, 5.74) is 0.846. The van der Waals surface area contributed by atoms with Gasteiger partial charge in [-0.15, -0.1) is 0 Å². The van der Waals surface area contributed by atoms with Gasteiger partial charge in [0.1, 0.15) is 10.9 Å².